The van der Waals surface area contributed by atoms with E-state index in [1.807, 2.05) is 0 Å². The maximum absolute atomic E-state index is 12.5. The molecular formula is C18H27ClN2O3S. The van der Waals surface area contributed by atoms with Crippen molar-refractivity contribution in [2.24, 2.45) is 5.92 Å². The molecule has 1 aromatic carbocycles. The smallest absolute Gasteiger partial charge is 0.251 e. The second-order valence-corrected chi connectivity index (χ2v) is 9.11. The second kappa shape index (κ2) is 9.01. The molecule has 1 aliphatic heterocycles. The van der Waals surface area contributed by atoms with E-state index in [1.165, 1.54) is 6.42 Å². The number of benzene rings is 1. The van der Waals surface area contributed by atoms with Crippen molar-refractivity contribution < 1.29 is 13.2 Å². The van der Waals surface area contributed by atoms with Crippen LogP contribution in [0.4, 0.5) is 0 Å². The summed E-state index contributed by atoms with van der Waals surface area (Å²) in [5.41, 5.74) is 0.518. The number of sulfone groups is 1. The van der Waals surface area contributed by atoms with Gasteiger partial charge in [-0.2, -0.15) is 0 Å². The van der Waals surface area contributed by atoms with Gasteiger partial charge in [0.25, 0.3) is 5.91 Å². The summed E-state index contributed by atoms with van der Waals surface area (Å²) in [6.07, 6.45) is 5.62. The molecule has 1 saturated carbocycles. The predicted octanol–water partition coefficient (Wildman–Crippen LogP) is 2.55. The van der Waals surface area contributed by atoms with Gasteiger partial charge >= 0.3 is 0 Å². The van der Waals surface area contributed by atoms with Gasteiger partial charge in [-0.15, -0.1) is 12.4 Å². The summed E-state index contributed by atoms with van der Waals surface area (Å²) in [7, 11) is -3.25. The Morgan fingerprint density at radius 2 is 1.80 bits per heavy atom. The number of nitrogens with one attached hydrogen (secondary N) is 2. The first-order valence-corrected chi connectivity index (χ1v) is 10.4. The van der Waals surface area contributed by atoms with E-state index in [4.69, 9.17) is 0 Å². The maximum Gasteiger partial charge on any atom is 0.251 e. The molecule has 7 heteroatoms. The Labute approximate surface area is 156 Å². The summed E-state index contributed by atoms with van der Waals surface area (Å²) in [4.78, 5) is 12.5. The molecule has 0 bridgehead atoms. The first-order valence-electron chi connectivity index (χ1n) is 8.90. The average molecular weight is 387 g/mol. The third-order valence-corrected chi connectivity index (χ3v) is 7.46. The lowest BCUT2D eigenvalue weighted by Gasteiger charge is -2.12. The maximum atomic E-state index is 12.5. The van der Waals surface area contributed by atoms with Gasteiger partial charge in [-0.05, 0) is 69.0 Å². The lowest BCUT2D eigenvalue weighted by atomic mass is 10.1. The van der Waals surface area contributed by atoms with Crippen molar-refractivity contribution >= 4 is 28.2 Å². The zero-order chi connectivity index (χ0) is 17.0. The van der Waals surface area contributed by atoms with Gasteiger partial charge in [-0.25, -0.2) is 8.42 Å². The number of carbonyl (C=O) groups excluding carboxylic acids is 1. The van der Waals surface area contributed by atoms with Gasteiger partial charge in [0.05, 0.1) is 10.1 Å². The molecule has 2 N–H and O–H groups in total. The van der Waals surface area contributed by atoms with Crippen molar-refractivity contribution in [3.63, 3.8) is 0 Å². The average Bonchev–Trinajstić information content (AvgIpc) is 3.29. The van der Waals surface area contributed by atoms with Gasteiger partial charge in [0.2, 0.25) is 0 Å². The van der Waals surface area contributed by atoms with Crippen molar-refractivity contribution in [3.05, 3.63) is 29.8 Å². The molecule has 1 aromatic rings. The van der Waals surface area contributed by atoms with E-state index in [0.717, 1.165) is 45.2 Å². The van der Waals surface area contributed by atoms with Crippen LogP contribution in [0.5, 0.6) is 0 Å². The zero-order valence-electron chi connectivity index (χ0n) is 14.4. The van der Waals surface area contributed by atoms with Crippen LogP contribution in [-0.4, -0.2) is 39.2 Å². The fourth-order valence-electron chi connectivity index (χ4n) is 3.64. The number of amides is 1. The first-order chi connectivity index (χ1) is 11.6. The minimum Gasteiger partial charge on any atom is -0.352 e. The summed E-state index contributed by atoms with van der Waals surface area (Å²) in [5, 5.41) is 5.99. The molecule has 0 spiro atoms. The SMILES string of the molecule is Cl.O=C(NCCC1CCNC1)c1ccc(S(=O)(=O)C2CCCC2)cc1. The molecule has 1 saturated heterocycles. The monoisotopic (exact) mass is 386 g/mol. The number of hydrogen-bond acceptors (Lipinski definition) is 4. The van der Waals surface area contributed by atoms with Crippen LogP contribution in [0.3, 0.4) is 0 Å². The van der Waals surface area contributed by atoms with Crippen molar-refractivity contribution in [2.75, 3.05) is 19.6 Å². The Bertz CT molecular complexity index is 664. The van der Waals surface area contributed by atoms with Crippen LogP contribution in [0, 0.1) is 5.92 Å². The molecule has 25 heavy (non-hydrogen) atoms. The van der Waals surface area contributed by atoms with Crippen LogP contribution in [0.1, 0.15) is 48.9 Å². The lowest BCUT2D eigenvalue weighted by molar-refractivity contribution is 0.0951. The molecule has 5 nitrogen and oxygen atoms in total. The molecule has 1 atom stereocenters. The zero-order valence-corrected chi connectivity index (χ0v) is 16.0. The molecule has 1 amide bonds. The van der Waals surface area contributed by atoms with Crippen molar-refractivity contribution in [2.45, 2.75) is 48.7 Å². The normalized spacial score (nSPS) is 21.0. The molecule has 2 aliphatic rings. The van der Waals surface area contributed by atoms with E-state index >= 15 is 0 Å². The van der Waals surface area contributed by atoms with Crippen LogP contribution >= 0.6 is 12.4 Å². The van der Waals surface area contributed by atoms with E-state index < -0.39 is 9.84 Å². The molecule has 2 fully saturated rings. The molecule has 1 aliphatic carbocycles. The third kappa shape index (κ3) is 4.96. The van der Waals surface area contributed by atoms with E-state index in [0.29, 0.717) is 22.9 Å². The van der Waals surface area contributed by atoms with Gasteiger partial charge in [-0.3, -0.25) is 4.79 Å². The summed E-state index contributed by atoms with van der Waals surface area (Å²) in [6, 6.07) is 6.38. The third-order valence-electron chi connectivity index (χ3n) is 5.19. The van der Waals surface area contributed by atoms with Crippen LogP contribution in [0.25, 0.3) is 0 Å². The fourth-order valence-corrected chi connectivity index (χ4v) is 5.49. The quantitative estimate of drug-likeness (QED) is 0.787. The highest BCUT2D eigenvalue weighted by Gasteiger charge is 2.30. The van der Waals surface area contributed by atoms with E-state index in [9.17, 15) is 13.2 Å². The highest BCUT2D eigenvalue weighted by molar-refractivity contribution is 7.92. The van der Waals surface area contributed by atoms with Crippen molar-refractivity contribution in [1.29, 1.82) is 0 Å². The van der Waals surface area contributed by atoms with Gasteiger partial charge in [0.1, 0.15) is 0 Å². The highest BCUT2D eigenvalue weighted by Crippen LogP contribution is 2.29. The van der Waals surface area contributed by atoms with Crippen LogP contribution < -0.4 is 10.6 Å². The van der Waals surface area contributed by atoms with Gasteiger partial charge in [0, 0.05) is 12.1 Å². The van der Waals surface area contributed by atoms with Crippen LogP contribution in [-0.2, 0) is 9.84 Å². The highest BCUT2D eigenvalue weighted by atomic mass is 35.5. The summed E-state index contributed by atoms with van der Waals surface area (Å²) in [6.45, 7) is 2.76. The van der Waals surface area contributed by atoms with Gasteiger partial charge < -0.3 is 10.6 Å². The Hall–Kier alpha value is -1.11. The topological polar surface area (TPSA) is 75.3 Å². The van der Waals surface area contributed by atoms with Crippen molar-refractivity contribution in [3.8, 4) is 0 Å². The standard InChI is InChI=1S/C18H26N2O3S.ClH/c21-18(20-12-10-14-9-11-19-13-14)15-5-7-17(8-6-15)24(22,23)16-3-1-2-4-16;/h5-8,14,16,19H,1-4,9-13H2,(H,20,21);1H. The number of hydrogen-bond donors (Lipinski definition) is 2. The Morgan fingerprint density at radius 1 is 1.12 bits per heavy atom. The largest absolute Gasteiger partial charge is 0.352 e. The lowest BCUT2D eigenvalue weighted by Crippen LogP contribution is -2.26. The number of carbonyl (C=O) groups is 1. The summed E-state index contributed by atoms with van der Waals surface area (Å²) in [5.74, 6) is 0.509. The summed E-state index contributed by atoms with van der Waals surface area (Å²) >= 11 is 0. The fraction of sp³-hybridized carbons (Fsp3) is 0.611. The molecule has 0 aromatic heterocycles. The number of rotatable bonds is 6. The number of halogens is 1. The first kappa shape index (κ1) is 20.2. The van der Waals surface area contributed by atoms with Crippen LogP contribution in [0.2, 0.25) is 0 Å². The van der Waals surface area contributed by atoms with Crippen LogP contribution in [0.15, 0.2) is 29.2 Å². The van der Waals surface area contributed by atoms with E-state index in [2.05, 4.69) is 10.6 Å². The molecule has 140 valence electrons. The molecule has 1 unspecified atom stereocenters. The van der Waals surface area contributed by atoms with Gasteiger partial charge in [-0.1, -0.05) is 12.8 Å². The minimum absolute atomic E-state index is 0. The van der Waals surface area contributed by atoms with Crippen molar-refractivity contribution in [1.82, 2.24) is 10.6 Å². The second-order valence-electron chi connectivity index (χ2n) is 6.88. The molecule has 0 radical (unpaired) electrons. The van der Waals surface area contributed by atoms with E-state index in [-0.39, 0.29) is 23.6 Å². The van der Waals surface area contributed by atoms with Gasteiger partial charge in [0.15, 0.2) is 9.84 Å². The minimum atomic E-state index is -3.25. The Balaban J connectivity index is 0.00000225. The Kier molecular flexibility index (Phi) is 7.28. The Morgan fingerprint density at radius 3 is 2.40 bits per heavy atom. The summed E-state index contributed by atoms with van der Waals surface area (Å²) < 4.78 is 25.1. The molecular weight excluding hydrogens is 360 g/mol. The molecule has 1 heterocycles. The predicted molar refractivity (Wildman–Crippen MR) is 101 cm³/mol. The van der Waals surface area contributed by atoms with E-state index in [1.54, 1.807) is 24.3 Å². The molecule has 3 rings (SSSR count).